The summed E-state index contributed by atoms with van der Waals surface area (Å²) >= 11 is 0. The van der Waals surface area contributed by atoms with Gasteiger partial charge >= 0.3 is 0 Å². The predicted molar refractivity (Wildman–Crippen MR) is 63.2 cm³/mol. The van der Waals surface area contributed by atoms with Crippen molar-refractivity contribution >= 4 is 5.78 Å². The van der Waals surface area contributed by atoms with Crippen LogP contribution in [0.15, 0.2) is 24.3 Å². The topological polar surface area (TPSA) is 35.5 Å². The van der Waals surface area contributed by atoms with Gasteiger partial charge in [-0.2, -0.15) is 0 Å². The molecule has 0 aliphatic carbocycles. The van der Waals surface area contributed by atoms with Crippen molar-refractivity contribution in [3.8, 4) is 5.75 Å². The molecule has 0 radical (unpaired) electrons. The third kappa shape index (κ3) is 1.95. The summed E-state index contributed by atoms with van der Waals surface area (Å²) in [5.41, 5.74) is 1.05. The highest BCUT2D eigenvalue weighted by Crippen LogP contribution is 2.36. The summed E-state index contributed by atoms with van der Waals surface area (Å²) in [6.07, 6.45) is 1.67. The third-order valence-corrected chi connectivity index (χ3v) is 3.63. The zero-order valence-electron chi connectivity index (χ0n) is 9.72. The van der Waals surface area contributed by atoms with E-state index in [0.29, 0.717) is 19.0 Å². The summed E-state index contributed by atoms with van der Waals surface area (Å²) in [6.45, 7) is 1.96. The van der Waals surface area contributed by atoms with Crippen molar-refractivity contribution in [2.24, 2.45) is 5.92 Å². The Kier molecular flexibility index (Phi) is 2.85. The van der Waals surface area contributed by atoms with Gasteiger partial charge in [0.25, 0.3) is 0 Å². The molecular formula is C14H16O3. The molecule has 3 heteroatoms. The smallest absolute Gasteiger partial charge is 0.146 e. The van der Waals surface area contributed by atoms with Crippen LogP contribution in [0.5, 0.6) is 5.75 Å². The molecule has 1 fully saturated rings. The van der Waals surface area contributed by atoms with Crippen molar-refractivity contribution < 1.29 is 14.3 Å². The van der Waals surface area contributed by atoms with Crippen LogP contribution >= 0.6 is 0 Å². The van der Waals surface area contributed by atoms with Crippen molar-refractivity contribution in [1.82, 2.24) is 0 Å². The second kappa shape index (κ2) is 4.49. The molecule has 3 nitrogen and oxygen atoms in total. The summed E-state index contributed by atoms with van der Waals surface area (Å²) in [5, 5.41) is 0. The second-order valence-corrected chi connectivity index (χ2v) is 4.69. The standard InChI is InChI=1S/C14H16O3/c15-14(10-5-7-16-9-10)12-6-8-17-13-4-2-1-3-11(12)13/h1-4,10,12H,5-9H2. The lowest BCUT2D eigenvalue weighted by Crippen LogP contribution is -2.27. The zero-order valence-corrected chi connectivity index (χ0v) is 9.72. The first kappa shape index (κ1) is 10.8. The summed E-state index contributed by atoms with van der Waals surface area (Å²) in [5.74, 6) is 1.30. The first-order valence-corrected chi connectivity index (χ1v) is 6.19. The van der Waals surface area contributed by atoms with E-state index in [2.05, 4.69) is 0 Å². The first-order chi connectivity index (χ1) is 8.36. The summed E-state index contributed by atoms with van der Waals surface area (Å²) in [4.78, 5) is 12.4. The Labute approximate surface area is 101 Å². The van der Waals surface area contributed by atoms with Gasteiger partial charge in [-0.05, 0) is 18.9 Å². The average Bonchev–Trinajstić information content (AvgIpc) is 2.91. The number of benzene rings is 1. The molecule has 90 valence electrons. The molecule has 0 saturated carbocycles. The molecule has 2 aliphatic heterocycles. The van der Waals surface area contributed by atoms with Gasteiger partial charge in [0.2, 0.25) is 0 Å². The normalized spacial score (nSPS) is 27.3. The van der Waals surface area contributed by atoms with E-state index in [-0.39, 0.29) is 11.8 Å². The molecule has 0 spiro atoms. The quantitative estimate of drug-likeness (QED) is 0.783. The molecule has 1 aromatic carbocycles. The summed E-state index contributed by atoms with van der Waals surface area (Å²) in [7, 11) is 0. The van der Waals surface area contributed by atoms with Crippen LogP contribution in [0.4, 0.5) is 0 Å². The van der Waals surface area contributed by atoms with Crippen LogP contribution in [-0.2, 0) is 9.53 Å². The van der Waals surface area contributed by atoms with Gasteiger partial charge in [-0.25, -0.2) is 0 Å². The molecule has 0 amide bonds. The number of hydrogen-bond donors (Lipinski definition) is 0. The van der Waals surface area contributed by atoms with E-state index in [0.717, 1.165) is 30.8 Å². The van der Waals surface area contributed by atoms with Crippen LogP contribution in [-0.4, -0.2) is 25.6 Å². The molecule has 0 bridgehead atoms. The highest BCUT2D eigenvalue weighted by molar-refractivity contribution is 5.89. The Hall–Kier alpha value is -1.35. The van der Waals surface area contributed by atoms with Crippen molar-refractivity contribution in [3.63, 3.8) is 0 Å². The summed E-state index contributed by atoms with van der Waals surface area (Å²) in [6, 6.07) is 7.87. The minimum atomic E-state index is 0.00616. The molecule has 2 heterocycles. The average molecular weight is 232 g/mol. The van der Waals surface area contributed by atoms with Gasteiger partial charge in [-0.1, -0.05) is 18.2 Å². The van der Waals surface area contributed by atoms with Gasteiger partial charge < -0.3 is 9.47 Å². The summed E-state index contributed by atoms with van der Waals surface area (Å²) < 4.78 is 10.9. The maximum Gasteiger partial charge on any atom is 0.146 e. The maximum atomic E-state index is 12.4. The minimum absolute atomic E-state index is 0.00616. The molecule has 17 heavy (non-hydrogen) atoms. The predicted octanol–water partition coefficient (Wildman–Crippen LogP) is 2.16. The van der Waals surface area contributed by atoms with Crippen LogP contribution in [0.2, 0.25) is 0 Å². The molecule has 3 rings (SSSR count). The Morgan fingerprint density at radius 1 is 1.18 bits per heavy atom. The molecule has 2 unspecified atom stereocenters. The molecule has 0 aromatic heterocycles. The van der Waals surface area contributed by atoms with E-state index < -0.39 is 0 Å². The number of ether oxygens (including phenoxy) is 2. The first-order valence-electron chi connectivity index (χ1n) is 6.19. The van der Waals surface area contributed by atoms with Crippen LogP contribution in [0.1, 0.15) is 24.3 Å². The SMILES string of the molecule is O=C(C1CCOC1)C1CCOc2ccccc21. The zero-order chi connectivity index (χ0) is 11.7. The van der Waals surface area contributed by atoms with Crippen molar-refractivity contribution in [3.05, 3.63) is 29.8 Å². The van der Waals surface area contributed by atoms with Gasteiger partial charge in [0.05, 0.1) is 13.2 Å². The number of ketones is 1. The van der Waals surface area contributed by atoms with E-state index in [4.69, 9.17) is 9.47 Å². The second-order valence-electron chi connectivity index (χ2n) is 4.69. The number of hydrogen-bond acceptors (Lipinski definition) is 3. The van der Waals surface area contributed by atoms with Crippen molar-refractivity contribution in [2.45, 2.75) is 18.8 Å². The number of para-hydroxylation sites is 1. The lowest BCUT2D eigenvalue weighted by molar-refractivity contribution is -0.125. The van der Waals surface area contributed by atoms with E-state index in [1.54, 1.807) is 0 Å². The van der Waals surface area contributed by atoms with E-state index >= 15 is 0 Å². The molecule has 1 aromatic rings. The molecule has 1 saturated heterocycles. The van der Waals surface area contributed by atoms with Crippen LogP contribution < -0.4 is 4.74 Å². The third-order valence-electron chi connectivity index (χ3n) is 3.63. The van der Waals surface area contributed by atoms with Gasteiger partial charge in [0.1, 0.15) is 11.5 Å². The highest BCUT2D eigenvalue weighted by Gasteiger charge is 2.33. The van der Waals surface area contributed by atoms with Crippen LogP contribution in [0.3, 0.4) is 0 Å². The van der Waals surface area contributed by atoms with Gasteiger partial charge in [0.15, 0.2) is 0 Å². The lowest BCUT2D eigenvalue weighted by atomic mass is 9.83. The van der Waals surface area contributed by atoms with Gasteiger partial charge in [-0.15, -0.1) is 0 Å². The van der Waals surface area contributed by atoms with E-state index in [1.807, 2.05) is 24.3 Å². The fourth-order valence-electron chi connectivity index (χ4n) is 2.68. The number of fused-ring (bicyclic) bond motifs is 1. The molecular weight excluding hydrogens is 216 g/mol. The highest BCUT2D eigenvalue weighted by atomic mass is 16.5. The Bertz CT molecular complexity index is 421. The number of Topliss-reactive ketones (excluding diaryl/α,β-unsaturated/α-hetero) is 1. The largest absolute Gasteiger partial charge is 0.493 e. The fraction of sp³-hybridized carbons (Fsp3) is 0.500. The van der Waals surface area contributed by atoms with Crippen LogP contribution in [0.25, 0.3) is 0 Å². The maximum absolute atomic E-state index is 12.4. The van der Waals surface area contributed by atoms with Crippen molar-refractivity contribution in [1.29, 1.82) is 0 Å². The monoisotopic (exact) mass is 232 g/mol. The van der Waals surface area contributed by atoms with Crippen molar-refractivity contribution in [2.75, 3.05) is 19.8 Å². The molecule has 0 N–H and O–H groups in total. The number of carbonyl (C=O) groups excluding carboxylic acids is 1. The fourth-order valence-corrected chi connectivity index (χ4v) is 2.68. The number of carbonyl (C=O) groups is 1. The van der Waals surface area contributed by atoms with Crippen LogP contribution in [0, 0.1) is 5.92 Å². The van der Waals surface area contributed by atoms with Gasteiger partial charge in [0, 0.05) is 24.0 Å². The van der Waals surface area contributed by atoms with E-state index in [1.165, 1.54) is 0 Å². The number of rotatable bonds is 2. The molecule has 2 aliphatic rings. The Morgan fingerprint density at radius 3 is 2.88 bits per heavy atom. The van der Waals surface area contributed by atoms with Gasteiger partial charge in [-0.3, -0.25) is 4.79 Å². The Morgan fingerprint density at radius 2 is 2.06 bits per heavy atom. The lowest BCUT2D eigenvalue weighted by Gasteiger charge is -2.26. The molecule has 2 atom stereocenters. The minimum Gasteiger partial charge on any atom is -0.493 e. The van der Waals surface area contributed by atoms with E-state index in [9.17, 15) is 4.79 Å². The Balaban J connectivity index is 1.86.